The van der Waals surface area contributed by atoms with Gasteiger partial charge in [0.05, 0.1) is 17.4 Å². The van der Waals surface area contributed by atoms with Crippen molar-refractivity contribution in [1.29, 1.82) is 0 Å². The van der Waals surface area contributed by atoms with E-state index in [0.717, 1.165) is 0 Å². The summed E-state index contributed by atoms with van der Waals surface area (Å²) in [7, 11) is 1.51. The van der Waals surface area contributed by atoms with Gasteiger partial charge in [-0.05, 0) is 19.1 Å². The number of amides is 1. The van der Waals surface area contributed by atoms with Crippen LogP contribution in [-0.4, -0.2) is 34.3 Å². The second-order valence-electron chi connectivity index (χ2n) is 5.20. The number of para-hydroxylation sites is 1. The number of ether oxygens (including phenoxy) is 1. The lowest BCUT2D eigenvalue weighted by Gasteiger charge is -2.15. The van der Waals surface area contributed by atoms with Gasteiger partial charge in [0.2, 0.25) is 5.91 Å². The first kappa shape index (κ1) is 17.9. The van der Waals surface area contributed by atoms with Crippen LogP contribution in [0.15, 0.2) is 29.1 Å². The molecule has 24 heavy (non-hydrogen) atoms. The minimum atomic E-state index is -4.50. The average Bonchev–Trinajstić information content (AvgIpc) is 2.53. The molecular weight excluding hydrogens is 327 g/mol. The van der Waals surface area contributed by atoms with Gasteiger partial charge in [0, 0.05) is 7.05 Å². The minimum Gasteiger partial charge on any atom is -0.359 e. The summed E-state index contributed by atoms with van der Waals surface area (Å²) in [6, 6.07) is 6.74. The molecule has 0 spiro atoms. The molecule has 0 aliphatic rings. The summed E-state index contributed by atoms with van der Waals surface area (Å²) >= 11 is 0. The Morgan fingerprint density at radius 2 is 2.04 bits per heavy atom. The molecule has 0 fully saturated rings. The first-order valence-electron chi connectivity index (χ1n) is 7.10. The summed E-state index contributed by atoms with van der Waals surface area (Å²) in [5.41, 5.74) is 0.206. The molecule has 6 nitrogen and oxygen atoms in total. The zero-order chi connectivity index (χ0) is 17.9. The van der Waals surface area contributed by atoms with Gasteiger partial charge in [-0.1, -0.05) is 12.1 Å². The Bertz CT molecular complexity index is 802. The van der Waals surface area contributed by atoms with Crippen LogP contribution in [0.4, 0.5) is 13.2 Å². The van der Waals surface area contributed by atoms with Crippen molar-refractivity contribution in [1.82, 2.24) is 14.9 Å². The Hall–Kier alpha value is -2.42. The number of alkyl halides is 3. The second-order valence-corrected chi connectivity index (χ2v) is 5.20. The Morgan fingerprint density at radius 1 is 1.38 bits per heavy atom. The predicted molar refractivity (Wildman–Crippen MR) is 80.3 cm³/mol. The number of nitrogens with zero attached hydrogens (tertiary/aromatic N) is 2. The molecule has 0 aliphatic carbocycles. The molecule has 1 heterocycles. The van der Waals surface area contributed by atoms with Gasteiger partial charge >= 0.3 is 6.18 Å². The van der Waals surface area contributed by atoms with Crippen molar-refractivity contribution in [2.75, 3.05) is 6.61 Å². The summed E-state index contributed by atoms with van der Waals surface area (Å²) < 4.78 is 41.9. The van der Waals surface area contributed by atoms with E-state index in [1.54, 1.807) is 24.3 Å². The highest BCUT2D eigenvalue weighted by Gasteiger charge is 2.29. The minimum absolute atomic E-state index is 0.102. The van der Waals surface area contributed by atoms with E-state index in [4.69, 9.17) is 0 Å². The number of aromatic nitrogens is 2. The van der Waals surface area contributed by atoms with Gasteiger partial charge in [-0.15, -0.1) is 0 Å². The number of carbonyl (C=O) groups is 1. The fraction of sp³-hybridized carbons (Fsp3) is 0.400. The summed E-state index contributed by atoms with van der Waals surface area (Å²) in [5, 5.41) is 2.86. The van der Waals surface area contributed by atoms with Crippen molar-refractivity contribution < 1.29 is 22.7 Å². The summed E-state index contributed by atoms with van der Waals surface area (Å²) in [6.07, 6.45) is -5.78. The number of carbonyl (C=O) groups excluding carboxylic acids is 1. The summed E-state index contributed by atoms with van der Waals surface area (Å²) in [5.74, 6) is -0.434. The largest absolute Gasteiger partial charge is 0.411 e. The first-order chi connectivity index (χ1) is 11.2. The molecule has 9 heteroatoms. The van der Waals surface area contributed by atoms with Crippen molar-refractivity contribution in [2.45, 2.75) is 25.7 Å². The van der Waals surface area contributed by atoms with Crippen LogP contribution in [0.5, 0.6) is 0 Å². The van der Waals surface area contributed by atoms with Gasteiger partial charge in [0.1, 0.15) is 18.5 Å². The van der Waals surface area contributed by atoms with Gasteiger partial charge in [0.25, 0.3) is 5.56 Å². The third-order valence-electron chi connectivity index (χ3n) is 3.36. The maximum atomic E-state index is 12.2. The molecule has 1 aromatic carbocycles. The molecule has 1 N–H and O–H groups in total. The molecule has 1 aromatic heterocycles. The van der Waals surface area contributed by atoms with Crippen LogP contribution in [0, 0.1) is 0 Å². The number of fused-ring (bicyclic) bond motifs is 1. The highest BCUT2D eigenvalue weighted by atomic mass is 19.4. The number of hydrogen-bond donors (Lipinski definition) is 1. The quantitative estimate of drug-likeness (QED) is 0.893. The lowest BCUT2D eigenvalue weighted by Crippen LogP contribution is -2.37. The van der Waals surface area contributed by atoms with Crippen molar-refractivity contribution >= 4 is 16.8 Å². The van der Waals surface area contributed by atoms with Crippen LogP contribution in [0.25, 0.3) is 10.9 Å². The van der Waals surface area contributed by atoms with Gasteiger partial charge in [-0.2, -0.15) is 13.2 Å². The number of halogens is 3. The van der Waals surface area contributed by atoms with Crippen LogP contribution in [0.3, 0.4) is 0 Å². The van der Waals surface area contributed by atoms with E-state index in [-0.39, 0.29) is 17.9 Å². The van der Waals surface area contributed by atoms with Crippen molar-refractivity contribution in [3.8, 4) is 0 Å². The number of nitrogens with one attached hydrogen (secondary N) is 1. The van der Waals surface area contributed by atoms with E-state index < -0.39 is 24.8 Å². The van der Waals surface area contributed by atoms with E-state index in [0.29, 0.717) is 10.9 Å². The Labute approximate surface area is 135 Å². The lowest BCUT2D eigenvalue weighted by molar-refractivity contribution is -0.185. The van der Waals surface area contributed by atoms with Crippen LogP contribution in [-0.2, 0) is 23.1 Å². The number of hydrogen-bond acceptors (Lipinski definition) is 4. The molecule has 0 bridgehead atoms. The van der Waals surface area contributed by atoms with Crippen LogP contribution >= 0.6 is 0 Å². The maximum absolute atomic E-state index is 12.2. The number of rotatable bonds is 5. The molecule has 1 amide bonds. The van der Waals surface area contributed by atoms with Gasteiger partial charge in [-0.3, -0.25) is 14.2 Å². The van der Waals surface area contributed by atoms with Crippen molar-refractivity contribution in [3.05, 3.63) is 40.4 Å². The molecule has 0 saturated heterocycles. The van der Waals surface area contributed by atoms with Crippen molar-refractivity contribution in [3.63, 3.8) is 0 Å². The van der Waals surface area contributed by atoms with Gasteiger partial charge < -0.3 is 10.1 Å². The third kappa shape index (κ3) is 4.31. The molecule has 0 aliphatic heterocycles. The van der Waals surface area contributed by atoms with E-state index in [1.165, 1.54) is 18.5 Å². The molecule has 2 aromatic rings. The fourth-order valence-electron chi connectivity index (χ4n) is 2.03. The average molecular weight is 343 g/mol. The normalized spacial score (nSPS) is 13.0. The Balaban J connectivity index is 2.06. The van der Waals surface area contributed by atoms with Crippen LogP contribution in [0.1, 0.15) is 12.7 Å². The van der Waals surface area contributed by atoms with E-state index >= 15 is 0 Å². The standard InChI is InChI=1S/C15H16F3N3O3/c1-9(24-8-15(16,17)18)13(22)19-7-12-20-11-6-4-3-5-10(11)14(23)21(12)2/h3-6,9H,7-8H2,1-2H3,(H,19,22)/t9-/m1/s1. The highest BCUT2D eigenvalue weighted by Crippen LogP contribution is 2.15. The fourth-order valence-corrected chi connectivity index (χ4v) is 2.03. The predicted octanol–water partition coefficient (Wildman–Crippen LogP) is 1.52. The zero-order valence-electron chi connectivity index (χ0n) is 13.1. The Kier molecular flexibility index (Phi) is 5.23. The second kappa shape index (κ2) is 7.00. The lowest BCUT2D eigenvalue weighted by atomic mass is 10.2. The van der Waals surface area contributed by atoms with Crippen molar-refractivity contribution in [2.24, 2.45) is 7.05 Å². The first-order valence-corrected chi connectivity index (χ1v) is 7.10. The van der Waals surface area contributed by atoms with E-state index in [9.17, 15) is 22.8 Å². The smallest absolute Gasteiger partial charge is 0.359 e. The zero-order valence-corrected chi connectivity index (χ0v) is 13.1. The SMILES string of the molecule is C[C@@H](OCC(F)(F)F)C(=O)NCc1nc2ccccc2c(=O)n1C. The molecule has 130 valence electrons. The Morgan fingerprint density at radius 3 is 2.71 bits per heavy atom. The number of benzene rings is 1. The molecule has 0 unspecified atom stereocenters. The molecule has 2 rings (SSSR count). The molecule has 0 saturated carbocycles. The topological polar surface area (TPSA) is 73.2 Å². The van der Waals surface area contributed by atoms with Crippen LogP contribution in [0.2, 0.25) is 0 Å². The van der Waals surface area contributed by atoms with E-state index in [1.807, 2.05) is 0 Å². The van der Waals surface area contributed by atoms with Gasteiger partial charge in [0.15, 0.2) is 0 Å². The molecule has 0 radical (unpaired) electrons. The van der Waals surface area contributed by atoms with Crippen LogP contribution < -0.4 is 10.9 Å². The maximum Gasteiger partial charge on any atom is 0.411 e. The summed E-state index contributed by atoms with van der Waals surface area (Å²) in [6.45, 7) is -0.392. The monoisotopic (exact) mass is 343 g/mol. The summed E-state index contributed by atoms with van der Waals surface area (Å²) in [4.78, 5) is 28.3. The van der Waals surface area contributed by atoms with Gasteiger partial charge in [-0.25, -0.2) is 4.98 Å². The van der Waals surface area contributed by atoms with E-state index in [2.05, 4.69) is 15.0 Å². The highest BCUT2D eigenvalue weighted by molar-refractivity contribution is 5.80. The molecular formula is C15H16F3N3O3. The third-order valence-corrected chi connectivity index (χ3v) is 3.36. The molecule has 1 atom stereocenters.